The number of pyridine rings is 1. The van der Waals surface area contributed by atoms with Crippen LogP contribution in [0.15, 0.2) is 30.5 Å². The maximum Gasteiger partial charge on any atom is 0.0951 e. The van der Waals surface area contributed by atoms with Gasteiger partial charge < -0.3 is 20.9 Å². The number of aromatic nitrogens is 1. The van der Waals surface area contributed by atoms with E-state index >= 15 is 0 Å². The summed E-state index contributed by atoms with van der Waals surface area (Å²) in [6.45, 7) is 2.75. The van der Waals surface area contributed by atoms with E-state index in [9.17, 15) is 5.11 Å². The second-order valence-electron chi connectivity index (χ2n) is 5.20. The lowest BCUT2D eigenvalue weighted by atomic mass is 10.0. The lowest BCUT2D eigenvalue weighted by molar-refractivity contribution is 0.0358. The van der Waals surface area contributed by atoms with E-state index in [1.165, 1.54) is 0 Å². The van der Waals surface area contributed by atoms with E-state index in [1.54, 1.807) is 20.2 Å². The van der Waals surface area contributed by atoms with E-state index in [-0.39, 0.29) is 0 Å². The van der Waals surface area contributed by atoms with Crippen molar-refractivity contribution in [3.8, 4) is 0 Å². The molecule has 20 heavy (non-hydrogen) atoms. The Kier molecular flexibility index (Phi) is 4.42. The number of ether oxygens (including phenoxy) is 1. The van der Waals surface area contributed by atoms with Crippen LogP contribution in [0.2, 0.25) is 0 Å². The summed E-state index contributed by atoms with van der Waals surface area (Å²) >= 11 is 0. The van der Waals surface area contributed by atoms with Crippen LogP contribution >= 0.6 is 0 Å². The molecule has 0 amide bonds. The van der Waals surface area contributed by atoms with E-state index in [4.69, 9.17) is 10.5 Å². The molecule has 1 aromatic heterocycles. The number of anilines is 2. The molecule has 0 saturated heterocycles. The summed E-state index contributed by atoms with van der Waals surface area (Å²) in [6.07, 6.45) is 2.29. The normalized spacial score (nSPS) is 14.2. The van der Waals surface area contributed by atoms with Gasteiger partial charge in [-0.1, -0.05) is 0 Å². The van der Waals surface area contributed by atoms with Crippen molar-refractivity contribution >= 4 is 22.3 Å². The van der Waals surface area contributed by atoms with Crippen molar-refractivity contribution in [3.05, 3.63) is 30.5 Å². The standard InChI is InChI=1S/C15H21N3O2/c1-15(19,7-9-20-2)10-18-13-6-5-12(16)14-11(13)4-3-8-17-14/h3-6,8,18-19H,7,9-10,16H2,1-2H3. The highest BCUT2D eigenvalue weighted by atomic mass is 16.5. The lowest BCUT2D eigenvalue weighted by Gasteiger charge is -2.24. The molecule has 0 bridgehead atoms. The highest BCUT2D eigenvalue weighted by Gasteiger charge is 2.20. The van der Waals surface area contributed by atoms with E-state index in [0.29, 0.717) is 25.3 Å². The fraction of sp³-hybridized carbons (Fsp3) is 0.400. The first-order valence-electron chi connectivity index (χ1n) is 6.62. The van der Waals surface area contributed by atoms with Gasteiger partial charge in [0.25, 0.3) is 0 Å². The second-order valence-corrected chi connectivity index (χ2v) is 5.20. The zero-order valence-electron chi connectivity index (χ0n) is 11.9. The molecule has 0 aliphatic rings. The van der Waals surface area contributed by atoms with Crippen LogP contribution in [0, 0.1) is 0 Å². The molecule has 2 aromatic rings. The van der Waals surface area contributed by atoms with Gasteiger partial charge in [-0.15, -0.1) is 0 Å². The smallest absolute Gasteiger partial charge is 0.0951 e. The molecule has 0 saturated carbocycles. The molecule has 5 nitrogen and oxygen atoms in total. The zero-order chi connectivity index (χ0) is 14.6. The minimum Gasteiger partial charge on any atom is -0.397 e. The fourth-order valence-electron chi connectivity index (χ4n) is 2.04. The molecule has 0 spiro atoms. The molecule has 1 unspecified atom stereocenters. The third-order valence-corrected chi connectivity index (χ3v) is 3.31. The van der Waals surface area contributed by atoms with Gasteiger partial charge in [0.05, 0.1) is 16.8 Å². The van der Waals surface area contributed by atoms with Gasteiger partial charge in [-0.3, -0.25) is 4.98 Å². The van der Waals surface area contributed by atoms with Gasteiger partial charge in [-0.25, -0.2) is 0 Å². The Morgan fingerprint density at radius 2 is 2.20 bits per heavy atom. The molecule has 5 heteroatoms. The first-order chi connectivity index (χ1) is 9.53. The number of methoxy groups -OCH3 is 1. The molecule has 0 radical (unpaired) electrons. The quantitative estimate of drug-likeness (QED) is 0.703. The molecular formula is C15H21N3O2. The SMILES string of the molecule is COCCC(C)(O)CNc1ccc(N)c2ncccc12. The third-order valence-electron chi connectivity index (χ3n) is 3.31. The number of nitrogens with two attached hydrogens (primary N) is 1. The number of benzene rings is 1. The molecule has 1 heterocycles. The monoisotopic (exact) mass is 275 g/mol. The summed E-state index contributed by atoms with van der Waals surface area (Å²) < 4.78 is 5.00. The van der Waals surface area contributed by atoms with Gasteiger partial charge in [0.1, 0.15) is 0 Å². The number of rotatable bonds is 6. The summed E-state index contributed by atoms with van der Waals surface area (Å²) in [5, 5.41) is 14.5. The van der Waals surface area contributed by atoms with Gasteiger partial charge in [0, 0.05) is 44.0 Å². The van der Waals surface area contributed by atoms with Crippen LogP contribution in [0.1, 0.15) is 13.3 Å². The Hall–Kier alpha value is -1.85. The zero-order valence-corrected chi connectivity index (χ0v) is 11.9. The van der Waals surface area contributed by atoms with Crippen molar-refractivity contribution in [2.45, 2.75) is 18.9 Å². The van der Waals surface area contributed by atoms with Crippen molar-refractivity contribution in [2.75, 3.05) is 31.3 Å². The van der Waals surface area contributed by atoms with Crippen LogP contribution in [0.5, 0.6) is 0 Å². The molecule has 2 rings (SSSR count). The molecule has 1 aromatic carbocycles. The topological polar surface area (TPSA) is 80.4 Å². The minimum atomic E-state index is -0.827. The minimum absolute atomic E-state index is 0.435. The Labute approximate surface area is 118 Å². The van der Waals surface area contributed by atoms with Gasteiger partial charge in [0.15, 0.2) is 0 Å². The van der Waals surface area contributed by atoms with E-state index < -0.39 is 5.60 Å². The van der Waals surface area contributed by atoms with E-state index in [1.807, 2.05) is 24.3 Å². The maximum atomic E-state index is 10.3. The van der Waals surface area contributed by atoms with Crippen LogP contribution in [0.4, 0.5) is 11.4 Å². The van der Waals surface area contributed by atoms with E-state index in [2.05, 4.69) is 10.3 Å². The molecule has 0 aliphatic heterocycles. The Morgan fingerprint density at radius 3 is 2.95 bits per heavy atom. The number of hydrogen-bond acceptors (Lipinski definition) is 5. The Morgan fingerprint density at radius 1 is 1.40 bits per heavy atom. The number of nitrogens with one attached hydrogen (secondary N) is 1. The lowest BCUT2D eigenvalue weighted by Crippen LogP contribution is -2.34. The summed E-state index contributed by atoms with van der Waals surface area (Å²) in [6, 6.07) is 7.56. The van der Waals surface area contributed by atoms with Gasteiger partial charge in [-0.05, 0) is 31.2 Å². The molecule has 1 atom stereocenters. The number of nitrogen functional groups attached to an aromatic ring is 1. The summed E-state index contributed by atoms with van der Waals surface area (Å²) in [5.74, 6) is 0. The van der Waals surface area contributed by atoms with Crippen molar-refractivity contribution in [3.63, 3.8) is 0 Å². The molecule has 0 aliphatic carbocycles. The average molecular weight is 275 g/mol. The van der Waals surface area contributed by atoms with Crippen LogP contribution < -0.4 is 11.1 Å². The highest BCUT2D eigenvalue weighted by Crippen LogP contribution is 2.27. The fourth-order valence-corrected chi connectivity index (χ4v) is 2.04. The van der Waals surface area contributed by atoms with Crippen molar-refractivity contribution < 1.29 is 9.84 Å². The van der Waals surface area contributed by atoms with Crippen LogP contribution in [-0.4, -0.2) is 36.0 Å². The van der Waals surface area contributed by atoms with Gasteiger partial charge >= 0.3 is 0 Å². The average Bonchev–Trinajstić information content (AvgIpc) is 2.45. The summed E-state index contributed by atoms with van der Waals surface area (Å²) in [5.41, 5.74) is 7.43. The summed E-state index contributed by atoms with van der Waals surface area (Å²) in [4.78, 5) is 4.29. The Balaban J connectivity index is 2.16. The van der Waals surface area contributed by atoms with Crippen LogP contribution in [0.25, 0.3) is 10.9 Å². The number of hydrogen-bond donors (Lipinski definition) is 3. The first-order valence-corrected chi connectivity index (χ1v) is 6.62. The predicted octanol–water partition coefficient (Wildman–Crippen LogP) is 2.02. The first kappa shape index (κ1) is 14.6. The van der Waals surface area contributed by atoms with Crippen molar-refractivity contribution in [1.82, 2.24) is 4.98 Å². The summed E-state index contributed by atoms with van der Waals surface area (Å²) in [7, 11) is 1.63. The second kappa shape index (κ2) is 6.07. The van der Waals surface area contributed by atoms with Crippen LogP contribution in [0.3, 0.4) is 0 Å². The number of fused-ring (bicyclic) bond motifs is 1. The molecular weight excluding hydrogens is 254 g/mol. The maximum absolute atomic E-state index is 10.3. The molecule has 0 fully saturated rings. The number of nitrogens with zero attached hydrogens (tertiary/aromatic N) is 1. The predicted molar refractivity (Wildman–Crippen MR) is 81.8 cm³/mol. The highest BCUT2D eigenvalue weighted by molar-refractivity contribution is 5.98. The van der Waals surface area contributed by atoms with Gasteiger partial charge in [0.2, 0.25) is 0 Å². The Bertz CT molecular complexity index is 584. The van der Waals surface area contributed by atoms with Gasteiger partial charge in [-0.2, -0.15) is 0 Å². The number of aliphatic hydroxyl groups is 1. The van der Waals surface area contributed by atoms with Crippen molar-refractivity contribution in [1.29, 1.82) is 0 Å². The van der Waals surface area contributed by atoms with Crippen molar-refractivity contribution in [2.24, 2.45) is 0 Å². The molecule has 4 N–H and O–H groups in total. The molecule has 108 valence electrons. The van der Waals surface area contributed by atoms with Crippen LogP contribution in [-0.2, 0) is 4.74 Å². The third kappa shape index (κ3) is 3.37. The largest absolute Gasteiger partial charge is 0.397 e. The van der Waals surface area contributed by atoms with E-state index in [0.717, 1.165) is 16.6 Å².